The third-order valence-corrected chi connectivity index (χ3v) is 3.61. The molecular formula is C13H11F3N2O4S. The Morgan fingerprint density at radius 2 is 1.91 bits per heavy atom. The van der Waals surface area contributed by atoms with Crippen molar-refractivity contribution in [3.8, 4) is 0 Å². The average Bonchev–Trinajstić information content (AvgIpc) is 2.43. The van der Waals surface area contributed by atoms with Gasteiger partial charge in [0.2, 0.25) is 0 Å². The van der Waals surface area contributed by atoms with Crippen molar-refractivity contribution < 1.29 is 30.9 Å². The number of carbonyl (C=O) groups is 1. The average molecular weight is 348 g/mol. The minimum absolute atomic E-state index is 0.0763. The highest BCUT2D eigenvalue weighted by Crippen LogP contribution is 2.31. The van der Waals surface area contributed by atoms with Crippen LogP contribution >= 0.6 is 0 Å². The molecule has 2 aromatic rings. The summed E-state index contributed by atoms with van der Waals surface area (Å²) in [6.07, 6.45) is -4.47. The number of nitrogens with one attached hydrogen (secondary N) is 1. The molecule has 0 fully saturated rings. The van der Waals surface area contributed by atoms with Crippen LogP contribution in [-0.2, 0) is 16.3 Å². The van der Waals surface area contributed by atoms with E-state index in [1.165, 1.54) is 12.1 Å². The summed E-state index contributed by atoms with van der Waals surface area (Å²) in [4.78, 5) is 15.7. The maximum atomic E-state index is 12.6. The van der Waals surface area contributed by atoms with E-state index >= 15 is 0 Å². The van der Waals surface area contributed by atoms with Crippen LogP contribution in [0.3, 0.4) is 0 Å². The van der Waals surface area contributed by atoms with E-state index in [-0.39, 0.29) is 23.1 Å². The van der Waals surface area contributed by atoms with Crippen LogP contribution in [-0.4, -0.2) is 36.2 Å². The Hall–Kier alpha value is -2.20. The highest BCUT2D eigenvalue weighted by molar-refractivity contribution is 7.85. The fraction of sp³-hybridized carbons (Fsp3) is 0.231. The van der Waals surface area contributed by atoms with E-state index in [2.05, 4.69) is 10.3 Å². The van der Waals surface area contributed by atoms with Gasteiger partial charge < -0.3 is 5.32 Å². The van der Waals surface area contributed by atoms with Gasteiger partial charge >= 0.3 is 6.18 Å². The summed E-state index contributed by atoms with van der Waals surface area (Å²) in [6, 6.07) is 5.46. The number of alkyl halides is 3. The molecule has 10 heteroatoms. The van der Waals surface area contributed by atoms with E-state index in [0.717, 1.165) is 18.2 Å². The first kappa shape index (κ1) is 17.2. The quantitative estimate of drug-likeness (QED) is 0.823. The SMILES string of the molecule is O=C(NCCS(=O)(=O)O)c1ccc2cc(C(F)(F)F)ccc2n1. The Morgan fingerprint density at radius 3 is 2.52 bits per heavy atom. The fourth-order valence-electron chi connectivity index (χ4n) is 1.81. The van der Waals surface area contributed by atoms with Crippen LogP contribution in [0.1, 0.15) is 16.1 Å². The monoisotopic (exact) mass is 348 g/mol. The molecule has 124 valence electrons. The van der Waals surface area contributed by atoms with Gasteiger partial charge in [-0.15, -0.1) is 0 Å². The summed E-state index contributed by atoms with van der Waals surface area (Å²) in [7, 11) is -4.20. The van der Waals surface area contributed by atoms with Gasteiger partial charge in [0.1, 0.15) is 5.69 Å². The molecule has 0 unspecified atom stereocenters. The van der Waals surface area contributed by atoms with E-state index in [1.54, 1.807) is 0 Å². The van der Waals surface area contributed by atoms with Gasteiger partial charge in [-0.1, -0.05) is 6.07 Å². The molecule has 0 spiro atoms. The Kier molecular flexibility index (Phi) is 4.57. The maximum absolute atomic E-state index is 12.6. The van der Waals surface area contributed by atoms with Crippen molar-refractivity contribution in [1.29, 1.82) is 0 Å². The van der Waals surface area contributed by atoms with Crippen molar-refractivity contribution in [2.75, 3.05) is 12.3 Å². The molecule has 1 amide bonds. The Labute approximate surface area is 129 Å². The van der Waals surface area contributed by atoms with Crippen molar-refractivity contribution >= 4 is 26.9 Å². The summed E-state index contributed by atoms with van der Waals surface area (Å²) in [5, 5.41) is 2.45. The molecule has 0 atom stereocenters. The van der Waals surface area contributed by atoms with Gasteiger partial charge in [-0.05, 0) is 24.3 Å². The predicted octanol–water partition coefficient (Wildman–Crippen LogP) is 1.87. The van der Waals surface area contributed by atoms with Crippen molar-refractivity contribution in [2.24, 2.45) is 0 Å². The van der Waals surface area contributed by atoms with E-state index < -0.39 is 33.5 Å². The largest absolute Gasteiger partial charge is 0.416 e. The first-order valence-electron chi connectivity index (χ1n) is 6.28. The van der Waals surface area contributed by atoms with Crippen molar-refractivity contribution in [1.82, 2.24) is 10.3 Å². The topological polar surface area (TPSA) is 96.4 Å². The third-order valence-electron chi connectivity index (χ3n) is 2.89. The minimum atomic E-state index is -4.47. The number of aromatic nitrogens is 1. The van der Waals surface area contributed by atoms with E-state index in [1.807, 2.05) is 0 Å². The van der Waals surface area contributed by atoms with Crippen LogP contribution in [0.25, 0.3) is 10.9 Å². The van der Waals surface area contributed by atoms with E-state index in [9.17, 15) is 26.4 Å². The molecule has 0 aliphatic carbocycles. The molecule has 0 aliphatic heterocycles. The number of halogens is 3. The van der Waals surface area contributed by atoms with Gasteiger partial charge in [0.25, 0.3) is 16.0 Å². The van der Waals surface area contributed by atoms with Crippen molar-refractivity contribution in [2.45, 2.75) is 6.18 Å². The second-order valence-corrected chi connectivity index (χ2v) is 6.22. The van der Waals surface area contributed by atoms with Gasteiger partial charge in [0.05, 0.1) is 16.8 Å². The lowest BCUT2D eigenvalue weighted by Crippen LogP contribution is -2.29. The van der Waals surface area contributed by atoms with Gasteiger partial charge in [0.15, 0.2) is 0 Å². The fourth-order valence-corrected chi connectivity index (χ4v) is 2.17. The van der Waals surface area contributed by atoms with Crippen LogP contribution in [0.5, 0.6) is 0 Å². The van der Waals surface area contributed by atoms with Crippen LogP contribution in [0.2, 0.25) is 0 Å². The summed E-state index contributed by atoms with van der Waals surface area (Å²) >= 11 is 0. The zero-order valence-electron chi connectivity index (χ0n) is 11.5. The van der Waals surface area contributed by atoms with Gasteiger partial charge in [-0.2, -0.15) is 21.6 Å². The van der Waals surface area contributed by atoms with E-state index in [0.29, 0.717) is 0 Å². The molecule has 0 saturated carbocycles. The Balaban J connectivity index is 2.19. The smallest absolute Gasteiger partial charge is 0.350 e. The van der Waals surface area contributed by atoms with Gasteiger partial charge in [-0.25, -0.2) is 4.98 Å². The first-order valence-corrected chi connectivity index (χ1v) is 7.88. The van der Waals surface area contributed by atoms with Crippen LogP contribution in [0.15, 0.2) is 30.3 Å². The molecule has 23 heavy (non-hydrogen) atoms. The first-order chi connectivity index (χ1) is 10.6. The highest BCUT2D eigenvalue weighted by atomic mass is 32.2. The summed E-state index contributed by atoms with van der Waals surface area (Å²) in [6.45, 7) is -0.315. The molecule has 2 rings (SSSR count). The zero-order valence-corrected chi connectivity index (χ0v) is 12.3. The number of pyridine rings is 1. The molecular weight excluding hydrogens is 337 g/mol. The molecule has 2 N–H and O–H groups in total. The van der Waals surface area contributed by atoms with Crippen LogP contribution in [0, 0.1) is 0 Å². The molecule has 0 saturated heterocycles. The lowest BCUT2D eigenvalue weighted by Gasteiger charge is -2.08. The zero-order chi connectivity index (χ0) is 17.3. The molecule has 0 bridgehead atoms. The van der Waals surface area contributed by atoms with Gasteiger partial charge in [-0.3, -0.25) is 9.35 Å². The predicted molar refractivity (Wildman–Crippen MR) is 75.5 cm³/mol. The Morgan fingerprint density at radius 1 is 1.22 bits per heavy atom. The highest BCUT2D eigenvalue weighted by Gasteiger charge is 2.30. The number of amides is 1. The molecule has 1 heterocycles. The Bertz CT molecular complexity index is 850. The number of nitrogens with zero attached hydrogens (tertiary/aromatic N) is 1. The number of hydrogen-bond donors (Lipinski definition) is 2. The number of fused-ring (bicyclic) bond motifs is 1. The summed E-state index contributed by atoms with van der Waals surface area (Å²) in [5.74, 6) is -1.35. The molecule has 1 aromatic heterocycles. The number of carbonyl (C=O) groups excluding carboxylic acids is 1. The third kappa shape index (κ3) is 4.63. The molecule has 1 aromatic carbocycles. The summed E-state index contributed by atoms with van der Waals surface area (Å²) in [5.41, 5.74) is -0.704. The lowest BCUT2D eigenvalue weighted by atomic mass is 10.1. The van der Waals surface area contributed by atoms with Crippen molar-refractivity contribution in [3.63, 3.8) is 0 Å². The molecule has 6 nitrogen and oxygen atoms in total. The van der Waals surface area contributed by atoms with Gasteiger partial charge in [0, 0.05) is 11.9 Å². The number of benzene rings is 1. The standard InChI is InChI=1S/C13H11F3N2O4S/c14-13(15,16)9-2-4-10-8(7-9)1-3-11(18-10)12(19)17-5-6-23(20,21)22/h1-4,7H,5-6H2,(H,17,19)(H,20,21,22). The molecule has 0 aliphatic rings. The van der Waals surface area contributed by atoms with Crippen LogP contribution < -0.4 is 5.32 Å². The second kappa shape index (κ2) is 6.13. The van der Waals surface area contributed by atoms with Crippen molar-refractivity contribution in [3.05, 3.63) is 41.6 Å². The summed E-state index contributed by atoms with van der Waals surface area (Å²) < 4.78 is 67.4. The minimum Gasteiger partial charge on any atom is -0.350 e. The molecule has 0 radical (unpaired) electrons. The van der Waals surface area contributed by atoms with E-state index in [4.69, 9.17) is 4.55 Å². The lowest BCUT2D eigenvalue weighted by molar-refractivity contribution is -0.137. The van der Waals surface area contributed by atoms with Crippen LogP contribution in [0.4, 0.5) is 13.2 Å². The second-order valence-electron chi connectivity index (χ2n) is 4.64. The number of rotatable bonds is 4. The maximum Gasteiger partial charge on any atom is 0.416 e. The number of hydrogen-bond acceptors (Lipinski definition) is 4. The normalized spacial score (nSPS) is 12.3.